The third-order valence-electron chi connectivity index (χ3n) is 19.9. The van der Waals surface area contributed by atoms with Crippen molar-refractivity contribution in [1.29, 1.82) is 0 Å². The smallest absolute Gasteiger partial charge is 0.322 e. The van der Waals surface area contributed by atoms with Crippen LogP contribution in [-0.2, 0) is 56.2 Å². The molecule has 0 atom stereocenters. The number of nitrogens with zero attached hydrogens (tertiary/aromatic N) is 9. The molecule has 0 bridgehead atoms. The van der Waals surface area contributed by atoms with E-state index in [1.807, 2.05) is 20.8 Å². The highest BCUT2D eigenvalue weighted by molar-refractivity contribution is 6.17. The van der Waals surface area contributed by atoms with Gasteiger partial charge in [0.1, 0.15) is 0 Å². The number of alkyl halides is 9. The summed E-state index contributed by atoms with van der Waals surface area (Å²) in [6.07, 6.45) is -5.27. The molecule has 0 radical (unpaired) electrons. The second-order valence-electron chi connectivity index (χ2n) is 29.1. The minimum Gasteiger partial charge on any atom is -0.322 e. The molecule has 0 spiro atoms. The van der Waals surface area contributed by atoms with Gasteiger partial charge in [0.2, 0.25) is 23.7 Å². The number of amides is 6. The number of anilines is 9. The average molecular weight is 1550 g/mol. The fraction of sp³-hybridized carbons (Fsp3) is 0.184. The van der Waals surface area contributed by atoms with Gasteiger partial charge in [-0.05, 0) is 210 Å². The topological polar surface area (TPSA) is 218 Å². The van der Waals surface area contributed by atoms with Crippen LogP contribution in [0.2, 0.25) is 0 Å². The van der Waals surface area contributed by atoms with Gasteiger partial charge in [-0.25, -0.2) is 14.9 Å². The molecule has 0 saturated heterocycles. The number of carbonyl (C=O) groups is 6. The molecule has 15 rings (SSSR count). The average Bonchev–Trinajstić information content (AvgIpc) is 1.57. The predicted molar refractivity (Wildman–Crippen MR) is 416 cm³/mol. The van der Waals surface area contributed by atoms with E-state index in [9.17, 15) is 68.3 Å². The highest BCUT2D eigenvalue weighted by atomic mass is 19.4. The van der Waals surface area contributed by atoms with Gasteiger partial charge < -0.3 is 16.0 Å². The van der Waals surface area contributed by atoms with E-state index >= 15 is 0 Å². The molecule has 8 aromatic carbocycles. The molecule has 578 valence electrons. The van der Waals surface area contributed by atoms with Crippen LogP contribution in [-0.4, -0.2) is 65.2 Å². The SMILES string of the molecule is Cc1ccc(NC(=O)c2cc(-c3cccc4c3C(C)(C)C(=O)N4c3cccnc3)cnc2C(F)(F)F)cc1.Cc1ccc(NC(=O)c2cc(-c3cccc4c3C(C)(C)C(=O)N4c3ccn(C)n3)ccc2C(F)(F)F)cc1.Cc1ccc(NC(=O)c2cc(-c3cccc4c3C(C)(C)C(=O)N4c3ncccn3)ccc2C(F)(F)F)cc1. The standard InChI is InChI=1S/C29H25F3N4O2.2C29H23F3N4O2/c1-17-8-11-19(12-9-17)33-26(37)21-16-18(10-13-22(21)29(30,31)32)20-6-5-7-23-25(20)28(2,3)27(38)36(23)24-14-15-35(4)34-24;1-17-9-11-19(12-10-17)35-26(37)22-14-18(15-34-25(22)29(30,31)32)21-7-4-8-23-24(21)28(2,3)27(38)36(23)20-6-5-13-33-16-20;1-17-8-11-19(12-9-17)35-25(37)21-16-18(10-13-22(21)29(30,31)32)20-6-4-7-23-24(20)28(2,3)26(38)36(23)27-33-14-5-15-34-27/h5-16H,1-4H3,(H,33,37);2*4-16H,1-3H3,(H,35,37). The quantitative estimate of drug-likeness (QED) is 0.0977. The Balaban J connectivity index is 0.000000149. The number of aromatic nitrogens is 6. The van der Waals surface area contributed by atoms with Gasteiger partial charge >= 0.3 is 18.5 Å². The van der Waals surface area contributed by atoms with Crippen molar-refractivity contribution in [2.45, 2.75) is 97.1 Å². The molecule has 4 aromatic heterocycles. The molecular formula is C87H71F9N12O6. The summed E-state index contributed by atoms with van der Waals surface area (Å²) >= 11 is 0. The second kappa shape index (κ2) is 30.0. The zero-order valence-corrected chi connectivity index (χ0v) is 62.8. The molecule has 12 aromatic rings. The van der Waals surface area contributed by atoms with E-state index in [2.05, 4.69) is 41.0 Å². The largest absolute Gasteiger partial charge is 0.434 e. The van der Waals surface area contributed by atoms with Crippen molar-refractivity contribution in [3.63, 3.8) is 0 Å². The van der Waals surface area contributed by atoms with Gasteiger partial charge in [-0.1, -0.05) is 102 Å². The van der Waals surface area contributed by atoms with Crippen LogP contribution < -0.4 is 30.7 Å². The fourth-order valence-electron chi connectivity index (χ4n) is 14.3. The van der Waals surface area contributed by atoms with E-state index in [1.54, 1.807) is 228 Å². The van der Waals surface area contributed by atoms with E-state index < -0.39 is 86.0 Å². The van der Waals surface area contributed by atoms with Crippen LogP contribution in [0.25, 0.3) is 33.4 Å². The Morgan fingerprint density at radius 1 is 0.395 bits per heavy atom. The first-order valence-corrected chi connectivity index (χ1v) is 35.6. The van der Waals surface area contributed by atoms with Gasteiger partial charge in [0.25, 0.3) is 17.7 Å². The number of rotatable bonds is 12. The lowest BCUT2D eigenvalue weighted by molar-refractivity contribution is -0.141. The summed E-state index contributed by atoms with van der Waals surface area (Å²) in [5.74, 6) is -2.72. The van der Waals surface area contributed by atoms with E-state index in [-0.39, 0.29) is 29.2 Å². The highest BCUT2D eigenvalue weighted by Gasteiger charge is 2.51. The molecular weight excluding hydrogens is 1480 g/mol. The third-order valence-corrected chi connectivity index (χ3v) is 19.9. The minimum atomic E-state index is -4.84. The Hall–Kier alpha value is -13.5. The predicted octanol–water partition coefficient (Wildman–Crippen LogP) is 20.0. The zero-order chi connectivity index (χ0) is 81.9. The maximum atomic E-state index is 13.9. The Bertz CT molecular complexity index is 5550. The molecule has 3 N–H and O–H groups in total. The maximum absolute atomic E-state index is 13.9. The summed E-state index contributed by atoms with van der Waals surface area (Å²) in [7, 11) is 1.75. The van der Waals surface area contributed by atoms with E-state index in [4.69, 9.17) is 0 Å². The van der Waals surface area contributed by atoms with Crippen molar-refractivity contribution in [3.8, 4) is 33.4 Å². The van der Waals surface area contributed by atoms with Gasteiger partial charge in [-0.3, -0.25) is 53.2 Å². The van der Waals surface area contributed by atoms with Crippen molar-refractivity contribution >= 4 is 87.0 Å². The van der Waals surface area contributed by atoms with Crippen LogP contribution in [0.15, 0.2) is 231 Å². The number of nitrogens with one attached hydrogen (secondary N) is 3. The van der Waals surface area contributed by atoms with Crippen LogP contribution in [0.1, 0.15) is 123 Å². The summed E-state index contributed by atoms with van der Waals surface area (Å²) < 4.78 is 127. The molecule has 0 aliphatic carbocycles. The lowest BCUT2D eigenvalue weighted by Crippen LogP contribution is -2.34. The molecule has 0 saturated carbocycles. The van der Waals surface area contributed by atoms with Crippen LogP contribution in [0.5, 0.6) is 0 Å². The first-order valence-electron chi connectivity index (χ1n) is 35.6. The van der Waals surface area contributed by atoms with E-state index in [1.165, 1.54) is 52.5 Å². The van der Waals surface area contributed by atoms with Crippen molar-refractivity contribution in [2.75, 3.05) is 30.7 Å². The van der Waals surface area contributed by atoms with Crippen molar-refractivity contribution < 1.29 is 68.3 Å². The van der Waals surface area contributed by atoms with Crippen LogP contribution in [0, 0.1) is 20.8 Å². The Labute approximate surface area is 648 Å². The Morgan fingerprint density at radius 3 is 1.19 bits per heavy atom. The number of fused-ring (bicyclic) bond motifs is 3. The van der Waals surface area contributed by atoms with Gasteiger partial charge in [-0.15, -0.1) is 0 Å². The molecule has 3 aliphatic rings. The Morgan fingerprint density at radius 2 is 0.789 bits per heavy atom. The molecule has 6 amide bonds. The van der Waals surface area contributed by atoms with Crippen molar-refractivity contribution in [2.24, 2.45) is 7.05 Å². The van der Waals surface area contributed by atoms with Gasteiger partial charge in [0, 0.05) is 66.7 Å². The summed E-state index contributed by atoms with van der Waals surface area (Å²) in [6, 6.07) is 50.9. The molecule has 3 aliphatic heterocycles. The monoisotopic (exact) mass is 1550 g/mol. The van der Waals surface area contributed by atoms with Crippen molar-refractivity contribution in [1.82, 2.24) is 29.7 Å². The maximum Gasteiger partial charge on any atom is 0.434 e. The third kappa shape index (κ3) is 15.2. The molecule has 114 heavy (non-hydrogen) atoms. The number of aryl methyl sites for hydroxylation is 4. The van der Waals surface area contributed by atoms with Crippen LogP contribution in [0.4, 0.5) is 91.1 Å². The number of carbonyl (C=O) groups excluding carboxylic acids is 6. The number of halogens is 9. The first-order chi connectivity index (χ1) is 53.8. The first kappa shape index (κ1) is 78.7. The second-order valence-corrected chi connectivity index (χ2v) is 29.1. The lowest BCUT2D eigenvalue weighted by atomic mass is 9.81. The molecule has 0 unspecified atom stereocenters. The van der Waals surface area contributed by atoms with Crippen LogP contribution in [0.3, 0.4) is 0 Å². The van der Waals surface area contributed by atoms with Gasteiger partial charge in [0.15, 0.2) is 11.5 Å². The summed E-state index contributed by atoms with van der Waals surface area (Å²) in [5.41, 5.74) is 2.82. The Kier molecular flexibility index (Phi) is 20.7. The lowest BCUT2D eigenvalue weighted by Gasteiger charge is -2.21. The summed E-state index contributed by atoms with van der Waals surface area (Å²) in [6.45, 7) is 16.2. The minimum absolute atomic E-state index is 0.201. The molecule has 18 nitrogen and oxygen atoms in total. The van der Waals surface area contributed by atoms with E-state index in [0.29, 0.717) is 90.1 Å². The van der Waals surface area contributed by atoms with Crippen molar-refractivity contribution in [3.05, 3.63) is 298 Å². The number of hydrogen-bond acceptors (Lipinski definition) is 11. The molecule has 7 heterocycles. The summed E-state index contributed by atoms with van der Waals surface area (Å²) in [4.78, 5) is 101. The zero-order valence-electron chi connectivity index (χ0n) is 62.8. The number of hydrogen-bond donors (Lipinski definition) is 3. The van der Waals surface area contributed by atoms with E-state index in [0.717, 1.165) is 35.0 Å². The summed E-state index contributed by atoms with van der Waals surface area (Å²) in [5, 5.41) is 12.0. The molecule has 0 fully saturated rings. The number of pyridine rings is 2. The molecule has 27 heteroatoms. The normalized spacial score (nSPS) is 14.4. The fourth-order valence-corrected chi connectivity index (χ4v) is 14.3. The highest BCUT2D eigenvalue weighted by Crippen LogP contribution is 2.53. The van der Waals surface area contributed by atoms with Gasteiger partial charge in [0.05, 0.1) is 73.0 Å². The number of benzene rings is 8. The van der Waals surface area contributed by atoms with Crippen LogP contribution >= 0.6 is 0 Å². The van der Waals surface area contributed by atoms with Gasteiger partial charge in [-0.2, -0.15) is 44.6 Å².